The molecule has 0 bridgehead atoms. The molecule has 11 heteroatoms. The number of nitrogens with zero attached hydrogens (tertiary/aromatic N) is 6. The average molecular weight is 436 g/mol. The SMILES string of the molecule is Cn1c(-c2nn(C)c(=O)c3ccccc23)nnc1N1CCC(C2(C)NC(=O)NC2=O)CC1. The zero-order valence-corrected chi connectivity index (χ0v) is 18.1. The lowest BCUT2D eigenvalue weighted by Crippen LogP contribution is -2.54. The van der Waals surface area contributed by atoms with Gasteiger partial charge in [-0.3, -0.25) is 19.5 Å². The van der Waals surface area contributed by atoms with E-state index in [0.29, 0.717) is 35.9 Å². The van der Waals surface area contributed by atoms with Gasteiger partial charge in [0.05, 0.1) is 5.39 Å². The van der Waals surface area contributed by atoms with E-state index in [4.69, 9.17) is 0 Å². The Morgan fingerprint density at radius 3 is 2.38 bits per heavy atom. The summed E-state index contributed by atoms with van der Waals surface area (Å²) in [6.07, 6.45) is 1.46. The predicted octanol–water partition coefficient (Wildman–Crippen LogP) is 0.544. The fraction of sp³-hybridized carbons (Fsp3) is 0.429. The Hall–Kier alpha value is -3.76. The van der Waals surface area contributed by atoms with E-state index in [9.17, 15) is 14.4 Å². The first-order valence-corrected chi connectivity index (χ1v) is 10.5. The molecule has 2 fully saturated rings. The number of aryl methyl sites for hydroxylation is 1. The molecule has 0 aliphatic carbocycles. The standard InChI is InChI=1S/C21H24N8O3/c1-21(18(31)22-19(32)23-21)12-8-10-29(11-9-12)20-25-24-16(27(20)2)15-13-6-4-5-7-14(13)17(30)28(3)26-15/h4-7,12H,8-11H2,1-3H3,(H2,22,23,31,32). The molecule has 5 rings (SSSR count). The number of hydrogen-bond acceptors (Lipinski definition) is 7. The van der Waals surface area contributed by atoms with Gasteiger partial charge in [0.1, 0.15) is 11.2 Å². The van der Waals surface area contributed by atoms with Crippen LogP contribution in [0.1, 0.15) is 19.8 Å². The summed E-state index contributed by atoms with van der Waals surface area (Å²) in [6.45, 7) is 3.14. The van der Waals surface area contributed by atoms with Crippen LogP contribution in [0.25, 0.3) is 22.3 Å². The minimum absolute atomic E-state index is 0.0344. The smallest absolute Gasteiger partial charge is 0.322 e. The van der Waals surface area contributed by atoms with Crippen molar-refractivity contribution in [2.45, 2.75) is 25.3 Å². The van der Waals surface area contributed by atoms with Gasteiger partial charge in [-0.2, -0.15) is 5.10 Å². The van der Waals surface area contributed by atoms with Crippen LogP contribution in [-0.4, -0.2) is 55.1 Å². The highest BCUT2D eigenvalue weighted by molar-refractivity contribution is 6.07. The number of piperidine rings is 1. The topological polar surface area (TPSA) is 127 Å². The highest BCUT2D eigenvalue weighted by atomic mass is 16.2. The summed E-state index contributed by atoms with van der Waals surface area (Å²) >= 11 is 0. The number of benzene rings is 1. The Bertz CT molecular complexity index is 1300. The second-order valence-electron chi connectivity index (χ2n) is 8.58. The maximum absolute atomic E-state index is 12.5. The normalized spacial score (nSPS) is 21.8. The molecule has 11 nitrogen and oxygen atoms in total. The van der Waals surface area contributed by atoms with E-state index >= 15 is 0 Å². The zero-order valence-electron chi connectivity index (χ0n) is 18.1. The average Bonchev–Trinajstić information content (AvgIpc) is 3.29. The van der Waals surface area contributed by atoms with Crippen LogP contribution in [0.2, 0.25) is 0 Å². The second kappa shape index (κ2) is 7.14. The molecular formula is C21H24N8O3. The Labute approximate surface area is 183 Å². The molecule has 2 aromatic heterocycles. The number of hydrogen-bond donors (Lipinski definition) is 2. The summed E-state index contributed by atoms with van der Waals surface area (Å²) in [5.41, 5.74) is -0.451. The number of nitrogens with one attached hydrogen (secondary N) is 2. The Morgan fingerprint density at radius 2 is 1.72 bits per heavy atom. The summed E-state index contributed by atoms with van der Waals surface area (Å²) in [4.78, 5) is 38.5. The van der Waals surface area contributed by atoms with Crippen LogP contribution in [0.3, 0.4) is 0 Å². The van der Waals surface area contributed by atoms with Gasteiger partial charge in [0.15, 0.2) is 5.82 Å². The number of imide groups is 1. The van der Waals surface area contributed by atoms with Crippen molar-refractivity contribution in [2.75, 3.05) is 18.0 Å². The van der Waals surface area contributed by atoms with Crippen molar-refractivity contribution in [3.05, 3.63) is 34.6 Å². The van der Waals surface area contributed by atoms with E-state index in [1.807, 2.05) is 29.8 Å². The van der Waals surface area contributed by atoms with Gasteiger partial charge in [-0.1, -0.05) is 18.2 Å². The maximum Gasteiger partial charge on any atom is 0.322 e. The van der Waals surface area contributed by atoms with E-state index < -0.39 is 11.6 Å². The molecule has 1 unspecified atom stereocenters. The van der Waals surface area contributed by atoms with Gasteiger partial charge in [-0.05, 0) is 31.7 Å². The third-order valence-corrected chi connectivity index (χ3v) is 6.69. The number of carbonyl (C=O) groups excluding carboxylic acids is 2. The van der Waals surface area contributed by atoms with Gasteiger partial charge in [0, 0.05) is 32.6 Å². The van der Waals surface area contributed by atoms with Crippen molar-refractivity contribution in [3.63, 3.8) is 0 Å². The lowest BCUT2D eigenvalue weighted by atomic mass is 9.79. The van der Waals surface area contributed by atoms with Crippen LogP contribution >= 0.6 is 0 Å². The summed E-state index contributed by atoms with van der Waals surface area (Å²) in [5.74, 6) is 1.04. The molecule has 32 heavy (non-hydrogen) atoms. The molecule has 4 heterocycles. The molecular weight excluding hydrogens is 412 g/mol. The maximum atomic E-state index is 12.5. The Kier molecular flexibility index (Phi) is 4.50. The predicted molar refractivity (Wildman–Crippen MR) is 117 cm³/mol. The van der Waals surface area contributed by atoms with Crippen molar-refractivity contribution < 1.29 is 9.59 Å². The van der Waals surface area contributed by atoms with Crippen molar-refractivity contribution in [2.24, 2.45) is 20.0 Å². The second-order valence-corrected chi connectivity index (χ2v) is 8.58. The summed E-state index contributed by atoms with van der Waals surface area (Å²) in [6, 6.07) is 6.90. The molecule has 2 saturated heterocycles. The van der Waals surface area contributed by atoms with E-state index in [1.54, 1.807) is 20.0 Å². The minimum atomic E-state index is -0.883. The molecule has 0 radical (unpaired) electrons. The molecule has 2 aliphatic rings. The monoisotopic (exact) mass is 436 g/mol. The number of anilines is 1. The van der Waals surface area contributed by atoms with Gasteiger partial charge in [-0.25, -0.2) is 9.48 Å². The number of carbonyl (C=O) groups is 2. The summed E-state index contributed by atoms with van der Waals surface area (Å²) in [7, 11) is 3.50. The molecule has 3 aromatic rings. The molecule has 2 aliphatic heterocycles. The van der Waals surface area contributed by atoms with Crippen molar-refractivity contribution in [3.8, 4) is 11.5 Å². The third kappa shape index (κ3) is 2.95. The fourth-order valence-corrected chi connectivity index (χ4v) is 4.77. The first-order chi connectivity index (χ1) is 15.3. The largest absolute Gasteiger partial charge is 0.341 e. The molecule has 166 valence electrons. The lowest BCUT2D eigenvalue weighted by Gasteiger charge is -2.38. The molecule has 0 spiro atoms. The third-order valence-electron chi connectivity index (χ3n) is 6.69. The summed E-state index contributed by atoms with van der Waals surface area (Å²) < 4.78 is 3.20. The summed E-state index contributed by atoms with van der Waals surface area (Å²) in [5, 5.41) is 19.7. The van der Waals surface area contributed by atoms with Gasteiger partial charge in [0.2, 0.25) is 5.95 Å². The minimum Gasteiger partial charge on any atom is -0.341 e. The van der Waals surface area contributed by atoms with Crippen LogP contribution in [0.5, 0.6) is 0 Å². The van der Waals surface area contributed by atoms with Crippen molar-refractivity contribution in [1.82, 2.24) is 35.2 Å². The van der Waals surface area contributed by atoms with Crippen LogP contribution < -0.4 is 21.1 Å². The first kappa shape index (κ1) is 20.2. The Morgan fingerprint density at radius 1 is 1.03 bits per heavy atom. The van der Waals surface area contributed by atoms with Crippen LogP contribution in [0.4, 0.5) is 10.7 Å². The van der Waals surface area contributed by atoms with Gasteiger partial charge >= 0.3 is 6.03 Å². The zero-order chi connectivity index (χ0) is 22.6. The Balaban J connectivity index is 1.42. The number of fused-ring (bicyclic) bond motifs is 1. The quantitative estimate of drug-likeness (QED) is 0.574. The molecule has 1 atom stereocenters. The number of aromatic nitrogens is 5. The van der Waals surface area contributed by atoms with Crippen LogP contribution in [0, 0.1) is 5.92 Å². The number of rotatable bonds is 3. The highest BCUT2D eigenvalue weighted by Gasteiger charge is 2.48. The van der Waals surface area contributed by atoms with E-state index in [1.165, 1.54) is 4.68 Å². The lowest BCUT2D eigenvalue weighted by molar-refractivity contribution is -0.125. The van der Waals surface area contributed by atoms with Gasteiger partial charge < -0.3 is 10.2 Å². The van der Waals surface area contributed by atoms with Gasteiger partial charge in [0.25, 0.3) is 11.5 Å². The van der Waals surface area contributed by atoms with Crippen LogP contribution in [0.15, 0.2) is 29.1 Å². The molecule has 2 N–H and O–H groups in total. The van der Waals surface area contributed by atoms with E-state index in [-0.39, 0.29) is 17.4 Å². The van der Waals surface area contributed by atoms with E-state index in [0.717, 1.165) is 18.2 Å². The number of urea groups is 1. The van der Waals surface area contributed by atoms with Gasteiger partial charge in [-0.15, -0.1) is 10.2 Å². The molecule has 1 aromatic carbocycles. The molecule has 0 saturated carbocycles. The highest BCUT2D eigenvalue weighted by Crippen LogP contribution is 2.33. The fourth-order valence-electron chi connectivity index (χ4n) is 4.77. The van der Waals surface area contributed by atoms with Crippen LogP contribution in [-0.2, 0) is 18.9 Å². The van der Waals surface area contributed by atoms with Crippen molar-refractivity contribution >= 4 is 28.7 Å². The van der Waals surface area contributed by atoms with Crippen molar-refractivity contribution in [1.29, 1.82) is 0 Å². The first-order valence-electron chi connectivity index (χ1n) is 10.5. The molecule has 3 amide bonds. The number of amides is 3. The van der Waals surface area contributed by atoms with E-state index in [2.05, 4.69) is 30.8 Å².